The number of ketones is 1. The molecular formula is C19H22N2O3. The van der Waals surface area contributed by atoms with Gasteiger partial charge in [-0.05, 0) is 24.5 Å². The lowest BCUT2D eigenvalue weighted by Crippen LogP contribution is -2.15. The van der Waals surface area contributed by atoms with E-state index >= 15 is 0 Å². The standard InChI is InChI=1S/C19H22N2O3/c1-3-4-14-5-7-15(8-6-14)17(13(2)22)18-20-11-16(12-21-18)19-23-9-10-24-19/h5-8,11-12,17,19H,3-4,9-10H2,1-2H3. The van der Waals surface area contributed by atoms with Gasteiger partial charge in [0.25, 0.3) is 0 Å². The van der Waals surface area contributed by atoms with Crippen LogP contribution in [-0.2, 0) is 20.7 Å². The van der Waals surface area contributed by atoms with E-state index in [1.54, 1.807) is 19.3 Å². The summed E-state index contributed by atoms with van der Waals surface area (Å²) in [6, 6.07) is 8.14. The summed E-state index contributed by atoms with van der Waals surface area (Å²) in [6.07, 6.45) is 5.10. The zero-order valence-corrected chi connectivity index (χ0v) is 14.1. The van der Waals surface area contributed by atoms with Crippen molar-refractivity contribution in [3.8, 4) is 0 Å². The third-order valence-electron chi connectivity index (χ3n) is 4.10. The average Bonchev–Trinajstić information content (AvgIpc) is 3.12. The zero-order valence-electron chi connectivity index (χ0n) is 14.1. The second kappa shape index (κ2) is 7.64. The van der Waals surface area contributed by atoms with Gasteiger partial charge in [-0.1, -0.05) is 37.6 Å². The van der Waals surface area contributed by atoms with E-state index in [-0.39, 0.29) is 5.78 Å². The molecule has 1 atom stereocenters. The number of rotatable bonds is 6. The topological polar surface area (TPSA) is 61.3 Å². The second-order valence-corrected chi connectivity index (χ2v) is 5.98. The molecule has 1 aromatic heterocycles. The number of aryl methyl sites for hydroxylation is 1. The summed E-state index contributed by atoms with van der Waals surface area (Å²) in [7, 11) is 0. The molecule has 1 aromatic carbocycles. The predicted octanol–water partition coefficient (Wildman–Crippen LogP) is 3.20. The van der Waals surface area contributed by atoms with E-state index in [1.165, 1.54) is 5.56 Å². The molecule has 0 N–H and O–H groups in total. The van der Waals surface area contributed by atoms with Crippen LogP contribution in [0.5, 0.6) is 0 Å². The summed E-state index contributed by atoms with van der Waals surface area (Å²) in [4.78, 5) is 20.9. The third-order valence-corrected chi connectivity index (χ3v) is 4.10. The first-order chi connectivity index (χ1) is 11.7. The minimum atomic E-state index is -0.444. The lowest BCUT2D eigenvalue weighted by atomic mass is 9.93. The van der Waals surface area contributed by atoms with E-state index in [0.717, 1.165) is 24.0 Å². The highest BCUT2D eigenvalue weighted by atomic mass is 16.7. The Morgan fingerprint density at radius 1 is 1.17 bits per heavy atom. The number of aromatic nitrogens is 2. The molecule has 2 aromatic rings. The summed E-state index contributed by atoms with van der Waals surface area (Å²) in [5.74, 6) is 0.0898. The van der Waals surface area contributed by atoms with Crippen LogP contribution in [0.3, 0.4) is 0 Å². The molecule has 0 amide bonds. The van der Waals surface area contributed by atoms with Crippen LogP contribution in [0.4, 0.5) is 0 Å². The first-order valence-corrected chi connectivity index (χ1v) is 8.33. The molecule has 126 valence electrons. The van der Waals surface area contributed by atoms with Gasteiger partial charge in [0.1, 0.15) is 17.5 Å². The van der Waals surface area contributed by atoms with Crippen molar-refractivity contribution in [3.63, 3.8) is 0 Å². The lowest BCUT2D eigenvalue weighted by molar-refractivity contribution is -0.117. The fourth-order valence-corrected chi connectivity index (χ4v) is 2.90. The molecule has 5 nitrogen and oxygen atoms in total. The van der Waals surface area contributed by atoms with Crippen molar-refractivity contribution in [3.05, 3.63) is 59.2 Å². The van der Waals surface area contributed by atoms with Gasteiger partial charge in [-0.25, -0.2) is 9.97 Å². The van der Waals surface area contributed by atoms with Crippen LogP contribution in [-0.4, -0.2) is 29.0 Å². The van der Waals surface area contributed by atoms with Crippen LogP contribution in [0, 0.1) is 0 Å². The molecule has 0 saturated carbocycles. The molecule has 1 unspecified atom stereocenters. The molecule has 24 heavy (non-hydrogen) atoms. The molecule has 0 radical (unpaired) electrons. The highest BCUT2D eigenvalue weighted by Crippen LogP contribution is 2.26. The van der Waals surface area contributed by atoms with Crippen LogP contribution in [0.25, 0.3) is 0 Å². The van der Waals surface area contributed by atoms with Crippen molar-refractivity contribution in [2.75, 3.05) is 13.2 Å². The maximum absolute atomic E-state index is 12.2. The summed E-state index contributed by atoms with van der Waals surface area (Å²) >= 11 is 0. The van der Waals surface area contributed by atoms with E-state index in [4.69, 9.17) is 9.47 Å². The number of hydrogen-bond donors (Lipinski definition) is 0. The Kier molecular flexibility index (Phi) is 5.33. The largest absolute Gasteiger partial charge is 0.346 e. The predicted molar refractivity (Wildman–Crippen MR) is 89.6 cm³/mol. The number of benzene rings is 1. The van der Waals surface area contributed by atoms with Crippen LogP contribution in [0.1, 0.15) is 55.0 Å². The van der Waals surface area contributed by atoms with Crippen LogP contribution in [0.2, 0.25) is 0 Å². The molecular weight excluding hydrogens is 304 g/mol. The Labute approximate surface area is 142 Å². The van der Waals surface area contributed by atoms with Gasteiger partial charge in [-0.2, -0.15) is 0 Å². The lowest BCUT2D eigenvalue weighted by Gasteiger charge is -2.15. The number of nitrogens with zero attached hydrogens (tertiary/aromatic N) is 2. The van der Waals surface area contributed by atoms with Gasteiger partial charge in [0.05, 0.1) is 13.2 Å². The van der Waals surface area contributed by atoms with Crippen LogP contribution >= 0.6 is 0 Å². The number of Topliss-reactive ketones (excluding diaryl/α,β-unsaturated/α-hetero) is 1. The van der Waals surface area contributed by atoms with E-state index in [9.17, 15) is 4.79 Å². The quantitative estimate of drug-likeness (QED) is 0.816. The van der Waals surface area contributed by atoms with Crippen LogP contribution < -0.4 is 0 Å². The van der Waals surface area contributed by atoms with Gasteiger partial charge in [0.15, 0.2) is 6.29 Å². The van der Waals surface area contributed by atoms with Gasteiger partial charge in [-0.15, -0.1) is 0 Å². The molecule has 0 aliphatic carbocycles. The van der Waals surface area contributed by atoms with Gasteiger partial charge in [0.2, 0.25) is 0 Å². The van der Waals surface area contributed by atoms with E-state index in [2.05, 4.69) is 29.0 Å². The van der Waals surface area contributed by atoms with Crippen molar-refractivity contribution < 1.29 is 14.3 Å². The number of carbonyl (C=O) groups excluding carboxylic acids is 1. The maximum Gasteiger partial charge on any atom is 0.186 e. The summed E-state index contributed by atoms with van der Waals surface area (Å²) < 4.78 is 10.9. The maximum atomic E-state index is 12.2. The second-order valence-electron chi connectivity index (χ2n) is 5.98. The van der Waals surface area contributed by atoms with Crippen molar-refractivity contribution in [2.24, 2.45) is 0 Å². The summed E-state index contributed by atoms with van der Waals surface area (Å²) in [5.41, 5.74) is 2.97. The van der Waals surface area contributed by atoms with Gasteiger partial charge < -0.3 is 9.47 Å². The molecule has 0 bridgehead atoms. The molecule has 1 aliphatic rings. The van der Waals surface area contributed by atoms with Crippen molar-refractivity contribution in [2.45, 2.75) is 38.9 Å². The molecule has 1 saturated heterocycles. The first kappa shape index (κ1) is 16.7. The minimum absolute atomic E-state index is 0.0272. The van der Waals surface area contributed by atoms with E-state index in [1.807, 2.05) is 12.1 Å². The third kappa shape index (κ3) is 3.68. The Bertz CT molecular complexity index is 677. The molecule has 1 fully saturated rings. The molecule has 0 spiro atoms. The van der Waals surface area contributed by atoms with Crippen molar-refractivity contribution in [1.29, 1.82) is 0 Å². The Morgan fingerprint density at radius 3 is 2.33 bits per heavy atom. The number of ether oxygens (including phenoxy) is 2. The molecule has 1 aliphatic heterocycles. The Hall–Kier alpha value is -2.11. The molecule has 2 heterocycles. The van der Waals surface area contributed by atoms with E-state index < -0.39 is 12.2 Å². The van der Waals surface area contributed by atoms with Gasteiger partial charge in [0, 0.05) is 18.0 Å². The highest BCUT2D eigenvalue weighted by Gasteiger charge is 2.24. The van der Waals surface area contributed by atoms with Gasteiger partial charge in [-0.3, -0.25) is 4.79 Å². The first-order valence-electron chi connectivity index (χ1n) is 8.33. The minimum Gasteiger partial charge on any atom is -0.346 e. The number of carbonyl (C=O) groups is 1. The molecule has 5 heteroatoms. The fourth-order valence-electron chi connectivity index (χ4n) is 2.90. The normalized spacial score (nSPS) is 16.2. The SMILES string of the molecule is CCCc1ccc(C(C(C)=O)c2ncc(C3OCCO3)cn2)cc1. The monoisotopic (exact) mass is 326 g/mol. The van der Waals surface area contributed by atoms with Crippen molar-refractivity contribution in [1.82, 2.24) is 9.97 Å². The van der Waals surface area contributed by atoms with Gasteiger partial charge >= 0.3 is 0 Å². The van der Waals surface area contributed by atoms with Crippen LogP contribution in [0.15, 0.2) is 36.7 Å². The fraction of sp³-hybridized carbons (Fsp3) is 0.421. The smallest absolute Gasteiger partial charge is 0.186 e. The Morgan fingerprint density at radius 2 is 1.79 bits per heavy atom. The highest BCUT2D eigenvalue weighted by molar-refractivity contribution is 5.85. The Balaban J connectivity index is 1.83. The average molecular weight is 326 g/mol. The molecule has 3 rings (SSSR count). The zero-order chi connectivity index (χ0) is 16.9. The summed E-state index contributed by atoms with van der Waals surface area (Å²) in [6.45, 7) is 4.88. The van der Waals surface area contributed by atoms with Crippen molar-refractivity contribution >= 4 is 5.78 Å². The van der Waals surface area contributed by atoms with E-state index in [0.29, 0.717) is 19.0 Å². The summed E-state index contributed by atoms with van der Waals surface area (Å²) in [5, 5.41) is 0. The number of hydrogen-bond acceptors (Lipinski definition) is 5.